The molecule has 86 valence electrons. The Morgan fingerprint density at radius 1 is 1.44 bits per heavy atom. The van der Waals surface area contributed by atoms with Crippen molar-refractivity contribution in [1.29, 1.82) is 5.26 Å². The maximum absolute atomic E-state index is 11.2. The fraction of sp³-hybridized carbons (Fsp3) is 0.545. The van der Waals surface area contributed by atoms with Gasteiger partial charge in [-0.15, -0.1) is 6.42 Å². The molecular weight excluding hydrogens is 210 g/mol. The van der Waals surface area contributed by atoms with Crippen LogP contribution in [0.25, 0.3) is 0 Å². The van der Waals surface area contributed by atoms with Crippen molar-refractivity contribution in [3.8, 4) is 18.4 Å². The molecule has 0 amide bonds. The third-order valence-electron chi connectivity index (χ3n) is 1.65. The molecule has 0 N–H and O–H groups in total. The largest absolute Gasteiger partial charge is 0.464 e. The topological polar surface area (TPSA) is 76.4 Å². The second-order valence-corrected chi connectivity index (χ2v) is 3.05. The Labute approximate surface area is 94.3 Å². The molecule has 0 aromatic carbocycles. The highest BCUT2D eigenvalue weighted by Crippen LogP contribution is 2.06. The lowest BCUT2D eigenvalue weighted by molar-refractivity contribution is -0.153. The fourth-order valence-corrected chi connectivity index (χ4v) is 0.854. The van der Waals surface area contributed by atoms with E-state index in [-0.39, 0.29) is 26.1 Å². The van der Waals surface area contributed by atoms with Crippen LogP contribution in [-0.4, -0.2) is 25.2 Å². The van der Waals surface area contributed by atoms with Gasteiger partial charge in [-0.05, 0) is 0 Å². The maximum Gasteiger partial charge on any atom is 0.309 e. The Morgan fingerprint density at radius 2 is 2.12 bits per heavy atom. The van der Waals surface area contributed by atoms with Crippen LogP contribution in [0.3, 0.4) is 0 Å². The van der Waals surface area contributed by atoms with Gasteiger partial charge in [0.15, 0.2) is 6.61 Å². The fourth-order valence-electron chi connectivity index (χ4n) is 0.854. The highest BCUT2D eigenvalue weighted by Gasteiger charge is 2.18. The summed E-state index contributed by atoms with van der Waals surface area (Å²) in [5.41, 5.74) is 0. The van der Waals surface area contributed by atoms with Crippen molar-refractivity contribution >= 4 is 11.9 Å². The summed E-state index contributed by atoms with van der Waals surface area (Å²) >= 11 is 0. The van der Waals surface area contributed by atoms with Crippen LogP contribution in [0, 0.1) is 29.6 Å². The Morgan fingerprint density at radius 3 is 2.69 bits per heavy atom. The van der Waals surface area contributed by atoms with Gasteiger partial charge in [-0.25, -0.2) is 0 Å². The number of nitriles is 1. The van der Waals surface area contributed by atoms with Gasteiger partial charge < -0.3 is 9.47 Å². The smallest absolute Gasteiger partial charge is 0.309 e. The zero-order valence-electron chi connectivity index (χ0n) is 9.06. The van der Waals surface area contributed by atoms with E-state index in [1.807, 2.05) is 6.07 Å². The number of carbonyl (C=O) groups excluding carboxylic acids is 2. The molecule has 0 aliphatic heterocycles. The molecule has 0 aromatic rings. The van der Waals surface area contributed by atoms with Crippen molar-refractivity contribution in [2.45, 2.75) is 19.8 Å². The minimum absolute atomic E-state index is 0.0408. The zero-order chi connectivity index (χ0) is 12.4. The number of rotatable bonds is 6. The van der Waals surface area contributed by atoms with E-state index in [9.17, 15) is 9.59 Å². The van der Waals surface area contributed by atoms with Gasteiger partial charge in [0, 0.05) is 0 Å². The summed E-state index contributed by atoms with van der Waals surface area (Å²) in [6.07, 6.45) is 4.96. The van der Waals surface area contributed by atoms with Crippen molar-refractivity contribution < 1.29 is 19.1 Å². The standard InChI is InChI=1S/C11H13NO4/c1-3-6-15-10(13)8-9(2)11(14)16-7-4-5-12/h1,9H,4,6-8H2,2H3. The number of terminal acetylenes is 1. The van der Waals surface area contributed by atoms with Crippen LogP contribution in [0.4, 0.5) is 0 Å². The van der Waals surface area contributed by atoms with Crippen molar-refractivity contribution in [2.75, 3.05) is 13.2 Å². The van der Waals surface area contributed by atoms with Gasteiger partial charge in [-0.1, -0.05) is 12.8 Å². The second kappa shape index (κ2) is 8.31. The van der Waals surface area contributed by atoms with Gasteiger partial charge in [0.25, 0.3) is 0 Å². The van der Waals surface area contributed by atoms with Gasteiger partial charge in [0.1, 0.15) is 6.61 Å². The van der Waals surface area contributed by atoms with Crippen LogP contribution >= 0.6 is 0 Å². The first-order valence-corrected chi connectivity index (χ1v) is 4.74. The summed E-state index contributed by atoms with van der Waals surface area (Å²) in [7, 11) is 0. The molecule has 0 saturated heterocycles. The molecule has 0 radical (unpaired) electrons. The zero-order valence-corrected chi connectivity index (χ0v) is 9.06. The molecule has 0 saturated carbocycles. The number of carbonyl (C=O) groups is 2. The van der Waals surface area contributed by atoms with Crippen LogP contribution in [0.5, 0.6) is 0 Å². The molecular formula is C11H13NO4. The molecule has 0 spiro atoms. The van der Waals surface area contributed by atoms with Crippen molar-refractivity contribution in [3.05, 3.63) is 0 Å². The highest BCUT2D eigenvalue weighted by molar-refractivity contribution is 5.79. The molecule has 0 bridgehead atoms. The average Bonchev–Trinajstić information content (AvgIpc) is 2.26. The third kappa shape index (κ3) is 6.44. The lowest BCUT2D eigenvalue weighted by Gasteiger charge is -2.09. The summed E-state index contributed by atoms with van der Waals surface area (Å²) in [6.45, 7) is 1.49. The number of esters is 2. The summed E-state index contributed by atoms with van der Waals surface area (Å²) in [6, 6.07) is 1.84. The Kier molecular flexibility index (Phi) is 7.27. The third-order valence-corrected chi connectivity index (χ3v) is 1.65. The van der Waals surface area contributed by atoms with Gasteiger partial charge in [-0.2, -0.15) is 5.26 Å². The number of ether oxygens (including phenoxy) is 2. The van der Waals surface area contributed by atoms with Crippen molar-refractivity contribution in [2.24, 2.45) is 5.92 Å². The summed E-state index contributed by atoms with van der Waals surface area (Å²) in [5, 5.41) is 8.23. The van der Waals surface area contributed by atoms with Gasteiger partial charge in [-0.3, -0.25) is 9.59 Å². The predicted molar refractivity (Wildman–Crippen MR) is 54.8 cm³/mol. The molecule has 1 unspecified atom stereocenters. The quantitative estimate of drug-likeness (QED) is 0.375. The SMILES string of the molecule is C#CCOC(=O)CC(C)C(=O)OCCC#N. The second-order valence-electron chi connectivity index (χ2n) is 3.05. The van der Waals surface area contributed by atoms with E-state index >= 15 is 0 Å². The normalized spacial score (nSPS) is 10.7. The summed E-state index contributed by atoms with van der Waals surface area (Å²) < 4.78 is 9.34. The highest BCUT2D eigenvalue weighted by atomic mass is 16.5. The van der Waals surface area contributed by atoms with E-state index in [0.29, 0.717) is 0 Å². The Hall–Kier alpha value is -2.01. The van der Waals surface area contributed by atoms with Gasteiger partial charge in [0.05, 0.1) is 24.8 Å². The van der Waals surface area contributed by atoms with E-state index in [4.69, 9.17) is 16.4 Å². The molecule has 0 aliphatic rings. The monoisotopic (exact) mass is 223 g/mol. The Balaban J connectivity index is 3.83. The molecule has 0 fully saturated rings. The first kappa shape index (κ1) is 14.0. The van der Waals surface area contributed by atoms with Gasteiger partial charge in [0.2, 0.25) is 0 Å². The minimum atomic E-state index is -0.594. The molecule has 0 heterocycles. The van der Waals surface area contributed by atoms with E-state index < -0.39 is 17.9 Å². The molecule has 16 heavy (non-hydrogen) atoms. The average molecular weight is 223 g/mol. The molecule has 0 rings (SSSR count). The van der Waals surface area contributed by atoms with Gasteiger partial charge >= 0.3 is 11.9 Å². The first-order chi connectivity index (χ1) is 7.61. The van der Waals surface area contributed by atoms with Crippen molar-refractivity contribution in [1.82, 2.24) is 0 Å². The Bertz CT molecular complexity index is 324. The first-order valence-electron chi connectivity index (χ1n) is 4.74. The molecule has 5 heteroatoms. The van der Waals surface area contributed by atoms with E-state index in [1.54, 1.807) is 6.92 Å². The number of nitrogens with zero attached hydrogens (tertiary/aromatic N) is 1. The minimum Gasteiger partial charge on any atom is -0.464 e. The molecule has 0 aromatic heterocycles. The molecule has 5 nitrogen and oxygen atoms in total. The van der Waals surface area contributed by atoms with Crippen molar-refractivity contribution in [3.63, 3.8) is 0 Å². The number of hydrogen-bond acceptors (Lipinski definition) is 5. The summed E-state index contributed by atoms with van der Waals surface area (Å²) in [5.74, 6) is 0.495. The maximum atomic E-state index is 11.2. The van der Waals surface area contributed by atoms with Crippen LogP contribution in [0.15, 0.2) is 0 Å². The predicted octanol–water partition coefficient (Wildman–Crippen LogP) is 0.646. The summed E-state index contributed by atoms with van der Waals surface area (Å²) in [4.78, 5) is 22.3. The molecule has 1 atom stereocenters. The number of hydrogen-bond donors (Lipinski definition) is 0. The lowest BCUT2D eigenvalue weighted by Crippen LogP contribution is -2.20. The van der Waals surface area contributed by atoms with Crippen LogP contribution in [-0.2, 0) is 19.1 Å². The van der Waals surface area contributed by atoms with Crippen LogP contribution < -0.4 is 0 Å². The van der Waals surface area contributed by atoms with Crippen LogP contribution in [0.1, 0.15) is 19.8 Å². The van der Waals surface area contributed by atoms with E-state index in [2.05, 4.69) is 10.7 Å². The van der Waals surface area contributed by atoms with E-state index in [0.717, 1.165) is 0 Å². The van der Waals surface area contributed by atoms with Crippen LogP contribution in [0.2, 0.25) is 0 Å². The van der Waals surface area contributed by atoms with E-state index in [1.165, 1.54) is 0 Å². The molecule has 0 aliphatic carbocycles. The lowest BCUT2D eigenvalue weighted by atomic mass is 10.1.